The van der Waals surface area contributed by atoms with Crippen molar-refractivity contribution in [1.29, 1.82) is 0 Å². The summed E-state index contributed by atoms with van der Waals surface area (Å²) in [5.41, 5.74) is 0.388. The van der Waals surface area contributed by atoms with Gasteiger partial charge in [-0.3, -0.25) is 10.00 Å². The second-order valence-corrected chi connectivity index (χ2v) is 6.14. The van der Waals surface area contributed by atoms with Gasteiger partial charge in [-0.2, -0.15) is 18.3 Å². The quantitative estimate of drug-likeness (QED) is 0.822. The van der Waals surface area contributed by atoms with Crippen molar-refractivity contribution in [3.05, 3.63) is 51.8 Å². The number of benzene rings is 1. The highest BCUT2D eigenvalue weighted by Gasteiger charge is 2.40. The first-order valence-electron chi connectivity index (χ1n) is 7.82. The van der Waals surface area contributed by atoms with Gasteiger partial charge in [0.2, 0.25) is 0 Å². The zero-order valence-electron chi connectivity index (χ0n) is 13.7. The predicted molar refractivity (Wildman–Crippen MR) is 90.3 cm³/mol. The number of aromatic amines is 1. The van der Waals surface area contributed by atoms with Crippen molar-refractivity contribution >= 4 is 29.3 Å². The Bertz CT molecular complexity index is 844. The molecule has 138 valence electrons. The first kappa shape index (κ1) is 18.3. The zero-order chi connectivity index (χ0) is 18.9. The molecule has 0 unspecified atom stereocenters. The van der Waals surface area contributed by atoms with Gasteiger partial charge < -0.3 is 4.74 Å². The number of nitrogens with zero attached hydrogens (tertiary/aromatic N) is 2. The molecule has 0 aliphatic carbocycles. The number of H-pyrrole nitrogens is 1. The predicted octanol–water partition coefficient (Wildman–Crippen LogP) is 4.59. The van der Waals surface area contributed by atoms with Gasteiger partial charge in [-0.15, -0.1) is 0 Å². The lowest BCUT2D eigenvalue weighted by Gasteiger charge is -2.28. The molecule has 0 atom stereocenters. The molecule has 26 heavy (non-hydrogen) atoms. The van der Waals surface area contributed by atoms with Crippen LogP contribution in [0.25, 0.3) is 11.6 Å². The minimum atomic E-state index is -4.59. The van der Waals surface area contributed by atoms with Crippen LogP contribution in [0.2, 0.25) is 5.02 Å². The van der Waals surface area contributed by atoms with Crippen molar-refractivity contribution in [2.45, 2.75) is 19.6 Å². The molecule has 0 radical (unpaired) electrons. The van der Waals surface area contributed by atoms with Gasteiger partial charge in [0.05, 0.1) is 25.4 Å². The first-order chi connectivity index (χ1) is 12.3. The third-order valence-electron chi connectivity index (χ3n) is 3.90. The van der Waals surface area contributed by atoms with Gasteiger partial charge >= 0.3 is 12.3 Å². The highest BCUT2D eigenvalue weighted by Crippen LogP contribution is 2.37. The number of alkyl halides is 3. The number of nitrogens with one attached hydrogen (secondary N) is 1. The number of ether oxygens (including phenoxy) is 1. The molecule has 0 saturated carbocycles. The number of hydrogen-bond acceptors (Lipinski definition) is 3. The molecule has 1 amide bonds. The summed E-state index contributed by atoms with van der Waals surface area (Å²) < 4.78 is 44.7. The second-order valence-electron chi connectivity index (χ2n) is 5.70. The Morgan fingerprint density at radius 1 is 1.35 bits per heavy atom. The molecule has 1 aliphatic rings. The maximum absolute atomic E-state index is 13.2. The molecular weight excluding hydrogens is 371 g/mol. The summed E-state index contributed by atoms with van der Waals surface area (Å²) in [4.78, 5) is 13.3. The SMILES string of the molecule is CCOC(=O)N1CC(=Cc2ccc(Cl)cc2)c2n[nH]c(C(F)(F)F)c2C1. The molecule has 9 heteroatoms. The Kier molecular flexibility index (Phi) is 4.95. The van der Waals surface area contributed by atoms with E-state index in [-0.39, 0.29) is 31.0 Å². The molecule has 1 aromatic carbocycles. The molecule has 3 rings (SSSR count). The molecule has 1 aliphatic heterocycles. The Labute approximate surface area is 152 Å². The van der Waals surface area contributed by atoms with Gasteiger partial charge in [-0.25, -0.2) is 4.79 Å². The topological polar surface area (TPSA) is 58.2 Å². The van der Waals surface area contributed by atoms with Gasteiger partial charge in [0.15, 0.2) is 0 Å². The molecule has 2 aromatic rings. The fourth-order valence-corrected chi connectivity index (χ4v) is 2.89. The minimum absolute atomic E-state index is 0.0722. The highest BCUT2D eigenvalue weighted by atomic mass is 35.5. The van der Waals surface area contributed by atoms with Crippen molar-refractivity contribution in [1.82, 2.24) is 15.1 Å². The largest absolute Gasteiger partial charge is 0.450 e. The van der Waals surface area contributed by atoms with Crippen LogP contribution in [0.15, 0.2) is 24.3 Å². The zero-order valence-corrected chi connectivity index (χ0v) is 14.5. The Hall–Kier alpha value is -2.48. The van der Waals surface area contributed by atoms with Crippen molar-refractivity contribution in [2.75, 3.05) is 13.2 Å². The maximum atomic E-state index is 13.2. The number of hydrogen-bond donors (Lipinski definition) is 1. The number of fused-ring (bicyclic) bond motifs is 1. The van der Waals surface area contributed by atoms with Crippen LogP contribution in [-0.2, 0) is 17.5 Å². The van der Waals surface area contributed by atoms with Crippen LogP contribution < -0.4 is 0 Å². The van der Waals surface area contributed by atoms with Crippen LogP contribution in [0.3, 0.4) is 0 Å². The fraction of sp³-hybridized carbons (Fsp3) is 0.294. The van der Waals surface area contributed by atoms with E-state index in [9.17, 15) is 18.0 Å². The maximum Gasteiger partial charge on any atom is 0.433 e. The molecule has 1 aromatic heterocycles. The fourth-order valence-electron chi connectivity index (χ4n) is 2.76. The lowest BCUT2D eigenvalue weighted by molar-refractivity contribution is -0.142. The number of rotatable bonds is 2. The van der Waals surface area contributed by atoms with Crippen LogP contribution in [0, 0.1) is 0 Å². The highest BCUT2D eigenvalue weighted by molar-refractivity contribution is 6.30. The molecule has 5 nitrogen and oxygen atoms in total. The lowest BCUT2D eigenvalue weighted by atomic mass is 9.98. The average molecular weight is 386 g/mol. The molecular formula is C17H15ClF3N3O2. The average Bonchev–Trinajstić information content (AvgIpc) is 3.01. The summed E-state index contributed by atoms with van der Waals surface area (Å²) in [6.45, 7) is 1.64. The summed E-state index contributed by atoms with van der Waals surface area (Å²) in [6, 6.07) is 6.81. The standard InChI is InChI=1S/C17H15ClF3N3O2/c1-2-26-16(25)24-8-11(7-10-3-5-12(18)6-4-10)14-13(9-24)15(23-22-14)17(19,20)21/h3-7H,2,8-9H2,1H3,(H,22,23). The monoisotopic (exact) mass is 385 g/mol. The molecule has 0 spiro atoms. The van der Waals surface area contributed by atoms with E-state index in [0.717, 1.165) is 5.56 Å². The third kappa shape index (κ3) is 3.70. The van der Waals surface area contributed by atoms with Gasteiger partial charge in [0.1, 0.15) is 5.69 Å². The van der Waals surface area contributed by atoms with Crippen LogP contribution in [-0.4, -0.2) is 34.3 Å². The number of carbonyl (C=O) groups excluding carboxylic acids is 1. The van der Waals surface area contributed by atoms with Gasteiger partial charge in [0, 0.05) is 16.2 Å². The summed E-state index contributed by atoms with van der Waals surface area (Å²) in [6.07, 6.45) is -3.58. The first-order valence-corrected chi connectivity index (χ1v) is 8.20. The van der Waals surface area contributed by atoms with Crippen LogP contribution in [0.4, 0.5) is 18.0 Å². The van der Waals surface area contributed by atoms with Crippen LogP contribution >= 0.6 is 11.6 Å². The molecule has 0 bridgehead atoms. The van der Waals surface area contributed by atoms with Crippen molar-refractivity contribution < 1.29 is 22.7 Å². The third-order valence-corrected chi connectivity index (χ3v) is 4.15. The van der Waals surface area contributed by atoms with Gasteiger partial charge in [0.25, 0.3) is 0 Å². The summed E-state index contributed by atoms with van der Waals surface area (Å²) in [7, 11) is 0. The van der Waals surface area contributed by atoms with Crippen molar-refractivity contribution in [3.8, 4) is 0 Å². The van der Waals surface area contributed by atoms with Crippen molar-refractivity contribution in [2.24, 2.45) is 0 Å². The van der Waals surface area contributed by atoms with E-state index < -0.39 is 18.0 Å². The van der Waals surface area contributed by atoms with E-state index in [4.69, 9.17) is 16.3 Å². The van der Waals surface area contributed by atoms with E-state index in [2.05, 4.69) is 10.2 Å². The molecule has 0 fully saturated rings. The van der Waals surface area contributed by atoms with Crippen LogP contribution in [0.1, 0.15) is 29.4 Å². The number of amides is 1. The summed E-state index contributed by atoms with van der Waals surface area (Å²) in [5.74, 6) is 0. The lowest BCUT2D eigenvalue weighted by Crippen LogP contribution is -2.36. The summed E-state index contributed by atoms with van der Waals surface area (Å²) in [5, 5.41) is 6.44. The van der Waals surface area contributed by atoms with E-state index in [1.807, 2.05) is 0 Å². The Morgan fingerprint density at radius 2 is 2.04 bits per heavy atom. The normalized spacial score (nSPS) is 15.9. The van der Waals surface area contributed by atoms with E-state index in [1.165, 1.54) is 4.90 Å². The Balaban J connectivity index is 2.05. The minimum Gasteiger partial charge on any atom is -0.450 e. The van der Waals surface area contributed by atoms with Gasteiger partial charge in [-0.05, 0) is 30.7 Å². The summed E-state index contributed by atoms with van der Waals surface area (Å²) >= 11 is 5.86. The van der Waals surface area contributed by atoms with E-state index in [1.54, 1.807) is 37.3 Å². The van der Waals surface area contributed by atoms with E-state index in [0.29, 0.717) is 10.6 Å². The number of aromatic nitrogens is 2. The number of halogens is 4. The van der Waals surface area contributed by atoms with Crippen LogP contribution in [0.5, 0.6) is 0 Å². The van der Waals surface area contributed by atoms with Crippen molar-refractivity contribution in [3.63, 3.8) is 0 Å². The molecule has 0 saturated heterocycles. The molecule has 1 N–H and O–H groups in total. The Morgan fingerprint density at radius 3 is 2.65 bits per heavy atom. The number of carbonyl (C=O) groups is 1. The second kappa shape index (κ2) is 7.03. The van der Waals surface area contributed by atoms with E-state index >= 15 is 0 Å². The smallest absolute Gasteiger partial charge is 0.433 e. The van der Waals surface area contributed by atoms with Gasteiger partial charge in [-0.1, -0.05) is 23.7 Å². The molecule has 2 heterocycles.